The summed E-state index contributed by atoms with van der Waals surface area (Å²) in [6.45, 7) is 3.99. The largest absolute Gasteiger partial charge is 0.471 e. The van der Waals surface area contributed by atoms with Gasteiger partial charge >= 0.3 is 30.0 Å². The van der Waals surface area contributed by atoms with Crippen molar-refractivity contribution in [2.24, 2.45) is 0 Å². The van der Waals surface area contributed by atoms with Crippen LogP contribution in [0.1, 0.15) is 19.3 Å². The van der Waals surface area contributed by atoms with Crippen LogP contribution in [0.5, 0.6) is 0 Å². The van der Waals surface area contributed by atoms with E-state index < -0.39 is 102 Å². The second-order valence-corrected chi connectivity index (χ2v) is 9.80. The topological polar surface area (TPSA) is 116 Å². The van der Waals surface area contributed by atoms with Gasteiger partial charge in [-0.2, -0.15) is 39.5 Å². The third-order valence-electron chi connectivity index (χ3n) is 3.99. The SMILES string of the molecule is C=C(F)CC(F)(OCCS(=O)OF)C(F)(F)F.C=C(F)OCC(F)(OCCS(=O)OF)C(F)(F)F.C=C(F)OCCCC(=O)OC. The molecule has 0 rings (SSSR count). The van der Waals surface area contributed by atoms with Crippen molar-refractivity contribution in [2.45, 2.75) is 43.3 Å². The van der Waals surface area contributed by atoms with Crippen LogP contribution in [0.25, 0.3) is 0 Å². The highest BCUT2D eigenvalue weighted by Crippen LogP contribution is 2.40. The lowest BCUT2D eigenvalue weighted by Gasteiger charge is -2.27. The predicted octanol–water partition coefficient (Wildman–Crippen LogP) is 6.32. The molecular formula is C21H27F13O10S2. The monoisotopic (exact) mass is 750 g/mol. The lowest BCUT2D eigenvalue weighted by molar-refractivity contribution is -0.343. The number of carbonyl (C=O) groups excluding carboxylic acids is 1. The van der Waals surface area contributed by atoms with Gasteiger partial charge < -0.3 is 23.7 Å². The quantitative estimate of drug-likeness (QED) is 0.0606. The van der Waals surface area contributed by atoms with Crippen LogP contribution < -0.4 is 0 Å². The molecule has 25 heteroatoms. The van der Waals surface area contributed by atoms with E-state index in [1.165, 1.54) is 7.11 Å². The highest BCUT2D eigenvalue weighted by atomic mass is 32.2. The standard InChI is InChI=1S/C7H8F6O4S.C7H8F6O3S.C7H11FO3/c1-5(8)15-4-6(9,7(10,11)12)16-2-3-18(14)17-13;1-5(8)4-6(9,7(10,11)12)15-2-3-17(14)16-13;1-6(8)11-5-3-4-7(9)10-2/h1-4H2;1-4H2;1,3-5H2,2H3. The Morgan fingerprint density at radius 3 is 1.43 bits per heavy atom. The van der Waals surface area contributed by atoms with E-state index in [1.54, 1.807) is 0 Å². The summed E-state index contributed by atoms with van der Waals surface area (Å²) in [5.41, 5.74) is 0. The molecule has 0 radical (unpaired) electrons. The molecule has 0 amide bonds. The van der Waals surface area contributed by atoms with E-state index in [1.807, 2.05) is 0 Å². The molecule has 0 aromatic rings. The van der Waals surface area contributed by atoms with Gasteiger partial charge in [0.05, 0.1) is 50.7 Å². The van der Waals surface area contributed by atoms with Gasteiger partial charge in [-0.1, -0.05) is 15.4 Å². The van der Waals surface area contributed by atoms with Gasteiger partial charge in [-0.3, -0.25) is 4.79 Å². The normalized spacial score (nSPS) is 15.3. The van der Waals surface area contributed by atoms with Crippen molar-refractivity contribution < 1.29 is 103 Å². The fourth-order valence-corrected chi connectivity index (χ4v) is 2.53. The summed E-state index contributed by atoms with van der Waals surface area (Å²) in [5.74, 6) is -12.2. The van der Waals surface area contributed by atoms with Crippen LogP contribution in [0, 0.1) is 0 Å². The first-order valence-electron chi connectivity index (χ1n) is 11.4. The Bertz CT molecular complexity index is 985. The van der Waals surface area contributed by atoms with Crippen molar-refractivity contribution in [2.75, 3.05) is 45.0 Å². The van der Waals surface area contributed by atoms with E-state index in [2.05, 4.69) is 52.2 Å². The van der Waals surface area contributed by atoms with Gasteiger partial charge in [0.25, 0.3) is 12.0 Å². The van der Waals surface area contributed by atoms with Gasteiger partial charge in [-0.05, 0) is 28.6 Å². The molecule has 0 saturated heterocycles. The Hall–Kier alpha value is -2.48. The lowest BCUT2D eigenvalue weighted by Crippen LogP contribution is -2.48. The fourth-order valence-electron chi connectivity index (χ4n) is 1.96. The average molecular weight is 751 g/mol. The van der Waals surface area contributed by atoms with E-state index in [0.717, 1.165) is 0 Å². The minimum absolute atomic E-state index is 0.157. The third-order valence-corrected chi connectivity index (χ3v) is 5.28. The van der Waals surface area contributed by atoms with Crippen LogP contribution in [0.15, 0.2) is 37.6 Å². The van der Waals surface area contributed by atoms with Crippen LogP contribution in [0.4, 0.5) is 57.3 Å². The minimum atomic E-state index is -5.53. The zero-order valence-corrected chi connectivity index (χ0v) is 24.9. The number of rotatable bonds is 20. The second-order valence-electron chi connectivity index (χ2n) is 7.51. The summed E-state index contributed by atoms with van der Waals surface area (Å²) in [6.07, 6.45) is -12.1. The summed E-state index contributed by atoms with van der Waals surface area (Å²) in [4.78, 5) is 10.5. The Labute approximate surface area is 257 Å². The second kappa shape index (κ2) is 23.8. The molecule has 0 aliphatic heterocycles. The highest BCUT2D eigenvalue weighted by Gasteiger charge is 2.59. The molecule has 10 nitrogen and oxygen atoms in total. The Morgan fingerprint density at radius 1 is 0.696 bits per heavy atom. The van der Waals surface area contributed by atoms with E-state index in [0.29, 0.717) is 6.42 Å². The summed E-state index contributed by atoms with van der Waals surface area (Å²) < 4.78 is 204. The summed E-state index contributed by atoms with van der Waals surface area (Å²) >= 11 is -5.10. The average Bonchev–Trinajstić information content (AvgIpc) is 2.92. The van der Waals surface area contributed by atoms with Crippen molar-refractivity contribution in [3.63, 3.8) is 0 Å². The molecule has 0 spiro atoms. The zero-order chi connectivity index (χ0) is 36.8. The van der Waals surface area contributed by atoms with E-state index in [9.17, 15) is 70.6 Å². The Kier molecular flexibility index (Phi) is 24.8. The van der Waals surface area contributed by atoms with Crippen LogP contribution in [0.3, 0.4) is 0 Å². The minimum Gasteiger partial charge on any atom is -0.471 e. The smallest absolute Gasteiger partial charge is 0.452 e. The molecule has 274 valence electrons. The maximum absolute atomic E-state index is 13.3. The maximum atomic E-state index is 13.3. The molecule has 4 atom stereocenters. The van der Waals surface area contributed by atoms with Crippen LogP contribution >= 0.6 is 0 Å². The van der Waals surface area contributed by atoms with E-state index >= 15 is 0 Å². The van der Waals surface area contributed by atoms with Crippen molar-refractivity contribution in [1.29, 1.82) is 0 Å². The van der Waals surface area contributed by atoms with Crippen molar-refractivity contribution in [1.82, 2.24) is 0 Å². The molecule has 0 saturated carbocycles. The number of carbonyl (C=O) groups is 1. The van der Waals surface area contributed by atoms with E-state index in [4.69, 9.17) is 0 Å². The van der Waals surface area contributed by atoms with Crippen LogP contribution in [-0.2, 0) is 59.4 Å². The number of ether oxygens (including phenoxy) is 5. The summed E-state index contributed by atoms with van der Waals surface area (Å²) in [6, 6.07) is -2.46. The van der Waals surface area contributed by atoms with Gasteiger partial charge in [0.2, 0.25) is 0 Å². The predicted molar refractivity (Wildman–Crippen MR) is 131 cm³/mol. The highest BCUT2D eigenvalue weighted by molar-refractivity contribution is 7.80. The molecule has 0 aromatic heterocycles. The maximum Gasteiger partial charge on any atom is 0.452 e. The Morgan fingerprint density at radius 2 is 1.11 bits per heavy atom. The van der Waals surface area contributed by atoms with Crippen LogP contribution in [0.2, 0.25) is 0 Å². The molecule has 0 heterocycles. The molecule has 0 aliphatic carbocycles. The number of alkyl halides is 8. The van der Waals surface area contributed by atoms with Crippen molar-refractivity contribution in [3.05, 3.63) is 37.6 Å². The molecule has 0 N–H and O–H groups in total. The molecule has 0 fully saturated rings. The van der Waals surface area contributed by atoms with Crippen LogP contribution in [-0.4, -0.2) is 83.5 Å². The molecular weight excluding hydrogens is 723 g/mol. The summed E-state index contributed by atoms with van der Waals surface area (Å²) in [5, 5.41) is 0. The van der Waals surface area contributed by atoms with Gasteiger partial charge in [0, 0.05) is 6.42 Å². The first-order chi connectivity index (χ1) is 20.9. The molecule has 0 aromatic carbocycles. The van der Waals surface area contributed by atoms with E-state index in [-0.39, 0.29) is 19.0 Å². The lowest BCUT2D eigenvalue weighted by atomic mass is 10.2. The first kappa shape index (κ1) is 47.9. The zero-order valence-electron chi connectivity index (χ0n) is 23.3. The fraction of sp³-hybridized carbons (Fsp3) is 0.667. The summed E-state index contributed by atoms with van der Waals surface area (Å²) in [7, 11) is 1.30. The molecule has 0 aliphatic rings. The number of halogens is 13. The number of methoxy groups -OCH3 is 1. The van der Waals surface area contributed by atoms with Gasteiger partial charge in [-0.25, -0.2) is 17.2 Å². The van der Waals surface area contributed by atoms with Gasteiger partial charge in [0.1, 0.15) is 0 Å². The number of esters is 1. The molecule has 46 heavy (non-hydrogen) atoms. The Balaban J connectivity index is -0.000000621. The third kappa shape index (κ3) is 23.8. The van der Waals surface area contributed by atoms with Gasteiger partial charge in [-0.15, -0.1) is 0 Å². The molecule has 4 unspecified atom stereocenters. The molecule has 0 bridgehead atoms. The van der Waals surface area contributed by atoms with Gasteiger partial charge in [0.15, 0.2) is 28.8 Å². The van der Waals surface area contributed by atoms with Crippen molar-refractivity contribution in [3.8, 4) is 0 Å². The number of hydrogen-bond donors (Lipinski definition) is 0. The number of hydrogen-bond acceptors (Lipinski definition) is 10. The first-order valence-corrected chi connectivity index (χ1v) is 13.9. The van der Waals surface area contributed by atoms with Crippen molar-refractivity contribution >= 4 is 28.1 Å².